The van der Waals surface area contributed by atoms with Gasteiger partial charge in [-0.05, 0) is 56.1 Å². The maximum atomic E-state index is 13.6. The monoisotopic (exact) mass is 603 g/mol. The summed E-state index contributed by atoms with van der Waals surface area (Å²) in [4.78, 5) is 26.4. The molecule has 0 spiro atoms. The lowest BCUT2D eigenvalue weighted by Crippen LogP contribution is -2.46. The Labute approximate surface area is 250 Å². The predicted octanol–water partition coefficient (Wildman–Crippen LogP) is 4.71. The van der Waals surface area contributed by atoms with Crippen LogP contribution in [0.15, 0.2) is 48.8 Å². The Balaban J connectivity index is 0.00000387. The molecule has 3 heterocycles. The zero-order valence-corrected chi connectivity index (χ0v) is 24.6. The van der Waals surface area contributed by atoms with Gasteiger partial charge in [0.05, 0.1) is 23.3 Å². The Morgan fingerprint density at radius 3 is 2.66 bits per heavy atom. The van der Waals surface area contributed by atoms with Crippen molar-refractivity contribution in [2.75, 3.05) is 70.1 Å². The number of hydrogen-bond acceptors (Lipinski definition) is 8. The fourth-order valence-electron chi connectivity index (χ4n) is 5.25. The van der Waals surface area contributed by atoms with Crippen molar-refractivity contribution in [2.24, 2.45) is 5.92 Å². The van der Waals surface area contributed by atoms with Crippen LogP contribution < -0.4 is 20.7 Å². The second-order valence-electron chi connectivity index (χ2n) is 10.2. The number of piperidine rings is 1. The van der Waals surface area contributed by atoms with Crippen molar-refractivity contribution in [3.8, 4) is 5.75 Å². The van der Waals surface area contributed by atoms with Gasteiger partial charge in [-0.25, -0.2) is 14.4 Å². The van der Waals surface area contributed by atoms with Gasteiger partial charge in [0.15, 0.2) is 0 Å². The van der Waals surface area contributed by atoms with Crippen molar-refractivity contribution in [1.29, 1.82) is 0 Å². The summed E-state index contributed by atoms with van der Waals surface area (Å²) in [7, 11) is 1.54. The minimum atomic E-state index is -0.502. The Bertz CT molecular complexity index is 1360. The number of ether oxygens (including phenoxy) is 1. The normalized spacial score (nSPS) is 17.0. The highest BCUT2D eigenvalue weighted by atomic mass is 35.5. The van der Waals surface area contributed by atoms with Crippen molar-refractivity contribution in [3.63, 3.8) is 0 Å². The number of piperazine rings is 1. The molecular formula is C29H36Cl2FN7O2. The zero-order valence-electron chi connectivity index (χ0n) is 23.0. The van der Waals surface area contributed by atoms with Crippen LogP contribution in [0.1, 0.15) is 12.8 Å². The zero-order chi connectivity index (χ0) is 27.9. The van der Waals surface area contributed by atoms with Gasteiger partial charge in [-0.15, -0.1) is 12.4 Å². The average molecular weight is 605 g/mol. The second kappa shape index (κ2) is 14.7. The lowest BCUT2D eigenvalue weighted by atomic mass is 9.96. The number of benzene rings is 2. The maximum absolute atomic E-state index is 13.6. The van der Waals surface area contributed by atoms with Gasteiger partial charge in [-0.3, -0.25) is 9.69 Å². The molecule has 2 saturated heterocycles. The van der Waals surface area contributed by atoms with Crippen molar-refractivity contribution in [3.05, 3.63) is 59.7 Å². The smallest absolute Gasteiger partial charge is 0.248 e. The number of amides is 1. The molecule has 2 aliphatic heterocycles. The van der Waals surface area contributed by atoms with E-state index >= 15 is 0 Å². The highest BCUT2D eigenvalue weighted by molar-refractivity contribution is 6.31. The van der Waals surface area contributed by atoms with E-state index in [9.17, 15) is 9.18 Å². The van der Waals surface area contributed by atoms with E-state index in [0.717, 1.165) is 51.7 Å². The molecule has 41 heavy (non-hydrogen) atoms. The van der Waals surface area contributed by atoms with Crippen molar-refractivity contribution < 1.29 is 13.9 Å². The van der Waals surface area contributed by atoms with E-state index in [1.54, 1.807) is 31.4 Å². The average Bonchev–Trinajstić information content (AvgIpc) is 2.96. The number of fused-ring (bicyclic) bond motifs is 1. The van der Waals surface area contributed by atoms with E-state index < -0.39 is 5.82 Å². The molecular weight excluding hydrogens is 568 g/mol. The summed E-state index contributed by atoms with van der Waals surface area (Å²) in [5, 5.41) is 10.1. The number of anilines is 3. The summed E-state index contributed by atoms with van der Waals surface area (Å²) < 4.78 is 19.1. The Kier molecular flexibility index (Phi) is 11.1. The van der Waals surface area contributed by atoms with Crippen LogP contribution in [0.5, 0.6) is 5.75 Å². The summed E-state index contributed by atoms with van der Waals surface area (Å²) in [6.07, 6.45) is 7.29. The van der Waals surface area contributed by atoms with Crippen molar-refractivity contribution in [1.82, 2.24) is 25.1 Å². The summed E-state index contributed by atoms with van der Waals surface area (Å²) in [6.45, 7) is 8.52. The summed E-state index contributed by atoms with van der Waals surface area (Å²) >= 11 is 5.93. The molecule has 1 aromatic heterocycles. The molecule has 0 unspecified atom stereocenters. The number of aromatic nitrogens is 2. The maximum Gasteiger partial charge on any atom is 0.248 e. The fourth-order valence-corrected chi connectivity index (χ4v) is 5.43. The van der Waals surface area contributed by atoms with Crippen LogP contribution in [0.3, 0.4) is 0 Å². The van der Waals surface area contributed by atoms with Crippen LogP contribution in [-0.4, -0.2) is 85.1 Å². The SMILES string of the molecule is COc1cc2ncnc(Nc3ccc(F)c(Cl)c3)c2cc1NC(=O)/C=C/CN1CCC(CN2CCNCC2)CC1.Cl. The van der Waals surface area contributed by atoms with Crippen LogP contribution in [0.25, 0.3) is 10.9 Å². The number of rotatable bonds is 9. The van der Waals surface area contributed by atoms with Gasteiger partial charge in [0.2, 0.25) is 5.91 Å². The number of methoxy groups -OCH3 is 1. The summed E-state index contributed by atoms with van der Waals surface area (Å²) in [5.74, 6) is 0.975. The number of nitrogens with zero attached hydrogens (tertiary/aromatic N) is 4. The number of likely N-dealkylation sites (tertiary alicyclic amines) is 1. The molecule has 0 bridgehead atoms. The third kappa shape index (κ3) is 8.27. The molecule has 9 nitrogen and oxygen atoms in total. The molecule has 3 N–H and O–H groups in total. The number of nitrogens with one attached hydrogen (secondary N) is 3. The van der Waals surface area contributed by atoms with Gasteiger partial charge in [-0.1, -0.05) is 17.7 Å². The van der Waals surface area contributed by atoms with Gasteiger partial charge in [0.25, 0.3) is 0 Å². The third-order valence-corrected chi connectivity index (χ3v) is 7.75. The van der Waals surface area contributed by atoms with E-state index in [1.165, 1.54) is 37.8 Å². The van der Waals surface area contributed by atoms with Crippen molar-refractivity contribution >= 4 is 58.0 Å². The lowest BCUT2D eigenvalue weighted by Gasteiger charge is -2.35. The third-order valence-electron chi connectivity index (χ3n) is 7.46. The van der Waals surface area contributed by atoms with Crippen LogP contribution in [0.4, 0.5) is 21.6 Å². The molecule has 1 amide bonds. The fraction of sp³-hybridized carbons (Fsp3) is 0.414. The first kappa shape index (κ1) is 30.9. The predicted molar refractivity (Wildman–Crippen MR) is 164 cm³/mol. The van der Waals surface area contributed by atoms with Crippen LogP contribution in [0, 0.1) is 11.7 Å². The highest BCUT2D eigenvalue weighted by Crippen LogP contribution is 2.33. The van der Waals surface area contributed by atoms with E-state index in [1.807, 2.05) is 6.08 Å². The molecule has 2 aliphatic rings. The Morgan fingerprint density at radius 2 is 1.93 bits per heavy atom. The van der Waals surface area contributed by atoms with Crippen LogP contribution >= 0.6 is 24.0 Å². The van der Waals surface area contributed by atoms with E-state index in [0.29, 0.717) is 33.8 Å². The molecule has 0 aliphatic carbocycles. The molecule has 3 aromatic rings. The largest absolute Gasteiger partial charge is 0.494 e. The standard InChI is InChI=1S/C29H35ClFN7O2.ClH/c1-40-27-17-25-22(29(34-19-33-25)35-21-4-5-24(31)23(30)15-21)16-26(27)36-28(39)3-2-10-37-11-6-20(7-12-37)18-38-13-8-32-9-14-38;/h2-5,15-17,19-20,32H,6-14,18H2,1H3,(H,36,39)(H,33,34,35);1H/b3-2+;. The van der Waals surface area contributed by atoms with Gasteiger partial charge in [-0.2, -0.15) is 0 Å². The van der Waals surface area contributed by atoms with E-state index in [2.05, 4.69) is 35.7 Å². The first-order valence-electron chi connectivity index (χ1n) is 13.7. The number of hydrogen-bond donors (Lipinski definition) is 3. The van der Waals surface area contributed by atoms with Crippen LogP contribution in [-0.2, 0) is 4.79 Å². The molecule has 220 valence electrons. The van der Waals surface area contributed by atoms with Crippen LogP contribution in [0.2, 0.25) is 5.02 Å². The van der Waals surface area contributed by atoms with E-state index in [-0.39, 0.29) is 23.3 Å². The quantitative estimate of drug-likeness (QED) is 0.303. The molecule has 0 radical (unpaired) electrons. The second-order valence-corrected chi connectivity index (χ2v) is 10.6. The summed E-state index contributed by atoms with van der Waals surface area (Å²) in [5.41, 5.74) is 1.69. The minimum absolute atomic E-state index is 0. The molecule has 0 atom stereocenters. The number of carbonyl (C=O) groups is 1. The number of halogens is 3. The van der Waals surface area contributed by atoms with Gasteiger partial charge in [0, 0.05) is 62.5 Å². The van der Waals surface area contributed by atoms with Gasteiger partial charge in [0.1, 0.15) is 23.7 Å². The lowest BCUT2D eigenvalue weighted by molar-refractivity contribution is -0.111. The Morgan fingerprint density at radius 1 is 1.15 bits per heavy atom. The van der Waals surface area contributed by atoms with Gasteiger partial charge < -0.3 is 25.6 Å². The first-order chi connectivity index (χ1) is 19.5. The molecule has 2 aromatic carbocycles. The van der Waals surface area contributed by atoms with Gasteiger partial charge >= 0.3 is 0 Å². The van der Waals surface area contributed by atoms with E-state index in [4.69, 9.17) is 16.3 Å². The topological polar surface area (TPSA) is 94.7 Å². The molecule has 5 rings (SSSR count). The minimum Gasteiger partial charge on any atom is -0.494 e. The summed E-state index contributed by atoms with van der Waals surface area (Å²) in [6, 6.07) is 7.84. The first-order valence-corrected chi connectivity index (χ1v) is 14.0. The Hall–Kier alpha value is -3.02. The highest BCUT2D eigenvalue weighted by Gasteiger charge is 2.21. The molecule has 12 heteroatoms. The number of carbonyl (C=O) groups excluding carboxylic acids is 1. The molecule has 0 saturated carbocycles. The van der Waals surface area contributed by atoms with Crippen molar-refractivity contribution in [2.45, 2.75) is 12.8 Å². The molecule has 2 fully saturated rings.